The molecule has 0 heterocycles. The molecule has 0 aliphatic carbocycles. The summed E-state index contributed by atoms with van der Waals surface area (Å²) < 4.78 is 23.5. The molecular formula is C7H8BNO4S. The first-order valence-corrected chi connectivity index (χ1v) is 4.84. The normalized spacial score (nSPS) is 9.57. The molecule has 14 heavy (non-hydrogen) atoms. The molecule has 0 atom stereocenters. The molecule has 74 valence electrons. The quantitative estimate of drug-likeness (QED) is 0.625. The summed E-state index contributed by atoms with van der Waals surface area (Å²) in [5.41, 5.74) is 1.05. The molecule has 7 heteroatoms. The van der Waals surface area contributed by atoms with E-state index in [1.807, 2.05) is 0 Å². The van der Waals surface area contributed by atoms with Gasteiger partial charge in [0.15, 0.2) is 0 Å². The van der Waals surface area contributed by atoms with Crippen molar-refractivity contribution in [3.8, 4) is 0 Å². The molecule has 0 aliphatic heterocycles. The largest absolute Gasteiger partial charge is 0.488 e. The molecule has 0 aliphatic rings. The van der Waals surface area contributed by atoms with Crippen molar-refractivity contribution in [2.24, 2.45) is 4.36 Å². The lowest BCUT2D eigenvalue weighted by atomic mass is 9.80. The predicted molar refractivity (Wildman–Crippen MR) is 51.3 cm³/mol. The minimum Gasteiger partial charge on any atom is -0.423 e. The number of rotatable bonds is 3. The molecular weight excluding hydrogens is 205 g/mol. The summed E-state index contributed by atoms with van der Waals surface area (Å²) in [6.45, 7) is 0.0674. The van der Waals surface area contributed by atoms with E-state index in [-0.39, 0.29) is 6.54 Å². The second kappa shape index (κ2) is 4.89. The molecule has 1 rings (SSSR count). The molecule has 0 spiro atoms. The lowest BCUT2D eigenvalue weighted by Crippen LogP contribution is -2.29. The third-order valence-corrected chi connectivity index (χ3v) is 1.97. The van der Waals surface area contributed by atoms with Crippen molar-refractivity contribution in [2.75, 3.05) is 0 Å². The number of hydrogen-bond acceptors (Lipinski definition) is 5. The zero-order valence-electron chi connectivity index (χ0n) is 7.16. The van der Waals surface area contributed by atoms with E-state index in [1.165, 1.54) is 12.1 Å². The average molecular weight is 213 g/mol. The van der Waals surface area contributed by atoms with E-state index >= 15 is 0 Å². The predicted octanol–water partition coefficient (Wildman–Crippen LogP) is -1.07. The number of benzene rings is 1. The zero-order valence-corrected chi connectivity index (χ0v) is 7.98. The minimum atomic E-state index is -2.40. The van der Waals surface area contributed by atoms with Crippen LogP contribution in [0.25, 0.3) is 0 Å². The van der Waals surface area contributed by atoms with Gasteiger partial charge in [0.2, 0.25) is 0 Å². The van der Waals surface area contributed by atoms with Crippen LogP contribution < -0.4 is 5.46 Å². The van der Waals surface area contributed by atoms with E-state index in [1.54, 1.807) is 12.1 Å². The summed E-state index contributed by atoms with van der Waals surface area (Å²) in [5.74, 6) is 0. The summed E-state index contributed by atoms with van der Waals surface area (Å²) in [7, 11) is -3.91. The van der Waals surface area contributed by atoms with Gasteiger partial charge in [0.1, 0.15) is 0 Å². The van der Waals surface area contributed by atoms with Crippen LogP contribution in [0.5, 0.6) is 0 Å². The maximum absolute atomic E-state index is 10.1. The Morgan fingerprint density at radius 2 is 1.79 bits per heavy atom. The van der Waals surface area contributed by atoms with Gasteiger partial charge in [-0.05, 0) is 11.0 Å². The maximum atomic E-state index is 10.1. The Kier molecular flexibility index (Phi) is 3.81. The number of nitrogens with zero attached hydrogens (tertiary/aromatic N) is 1. The molecule has 1 aromatic carbocycles. The van der Waals surface area contributed by atoms with Crippen LogP contribution in [0.3, 0.4) is 0 Å². The Morgan fingerprint density at radius 1 is 1.21 bits per heavy atom. The second-order valence-electron chi connectivity index (χ2n) is 2.62. The van der Waals surface area contributed by atoms with Crippen molar-refractivity contribution >= 4 is 23.1 Å². The Morgan fingerprint density at radius 3 is 2.21 bits per heavy atom. The fraction of sp³-hybridized carbons (Fsp3) is 0.143. The van der Waals surface area contributed by atoms with Crippen molar-refractivity contribution in [3.63, 3.8) is 0 Å². The van der Waals surface area contributed by atoms with Crippen LogP contribution >= 0.6 is 0 Å². The highest BCUT2D eigenvalue weighted by atomic mass is 32.2. The molecule has 1 aromatic rings. The van der Waals surface area contributed by atoms with E-state index in [4.69, 9.17) is 10.0 Å². The minimum absolute atomic E-state index is 0.0674. The van der Waals surface area contributed by atoms with Gasteiger partial charge in [0.05, 0.1) is 6.54 Å². The van der Waals surface area contributed by atoms with Crippen LogP contribution in [-0.4, -0.2) is 25.6 Å². The molecule has 0 radical (unpaired) electrons. The number of hydrogen-bond donors (Lipinski definition) is 2. The van der Waals surface area contributed by atoms with Crippen LogP contribution in [0.4, 0.5) is 0 Å². The third kappa shape index (κ3) is 3.29. The van der Waals surface area contributed by atoms with Gasteiger partial charge in [-0.3, -0.25) is 0 Å². The first-order valence-electron chi connectivity index (χ1n) is 3.81. The SMILES string of the molecule is O=S(=O)=NCc1ccc(B(O)O)cc1. The summed E-state index contributed by atoms with van der Waals surface area (Å²) in [5, 5.41) is 17.5. The van der Waals surface area contributed by atoms with Gasteiger partial charge in [-0.15, -0.1) is 0 Å². The van der Waals surface area contributed by atoms with E-state index in [0.717, 1.165) is 0 Å². The van der Waals surface area contributed by atoms with E-state index in [2.05, 4.69) is 4.36 Å². The highest BCUT2D eigenvalue weighted by Crippen LogP contribution is 1.98. The molecule has 0 amide bonds. The molecule has 0 aromatic heterocycles. The summed E-state index contributed by atoms with van der Waals surface area (Å²) >= 11 is 0. The molecule has 5 nitrogen and oxygen atoms in total. The first kappa shape index (κ1) is 10.9. The van der Waals surface area contributed by atoms with Gasteiger partial charge in [-0.1, -0.05) is 24.3 Å². The Balaban J connectivity index is 2.79. The fourth-order valence-corrected chi connectivity index (χ4v) is 1.18. The van der Waals surface area contributed by atoms with Gasteiger partial charge in [-0.25, -0.2) is 0 Å². The van der Waals surface area contributed by atoms with Crippen molar-refractivity contribution in [2.45, 2.75) is 6.54 Å². The molecule has 0 saturated carbocycles. The van der Waals surface area contributed by atoms with Gasteiger partial charge < -0.3 is 10.0 Å². The van der Waals surface area contributed by atoms with Crippen LogP contribution in [-0.2, 0) is 17.0 Å². The summed E-state index contributed by atoms with van der Waals surface area (Å²) in [4.78, 5) is 0. The zero-order chi connectivity index (χ0) is 10.6. The van der Waals surface area contributed by atoms with Crippen molar-refractivity contribution < 1.29 is 18.5 Å². The summed E-state index contributed by atoms with van der Waals surface area (Å²) in [6.07, 6.45) is 0. The highest BCUT2D eigenvalue weighted by molar-refractivity contribution is 7.61. The van der Waals surface area contributed by atoms with Crippen LogP contribution in [0.15, 0.2) is 28.6 Å². The van der Waals surface area contributed by atoms with E-state index < -0.39 is 17.6 Å². The first-order chi connectivity index (χ1) is 6.59. The van der Waals surface area contributed by atoms with Gasteiger partial charge in [0, 0.05) is 0 Å². The van der Waals surface area contributed by atoms with Crippen molar-refractivity contribution in [3.05, 3.63) is 29.8 Å². The lowest BCUT2D eigenvalue weighted by molar-refractivity contribution is 0.426. The monoisotopic (exact) mass is 213 g/mol. The average Bonchev–Trinajstić information content (AvgIpc) is 2.15. The standard InChI is InChI=1S/C7H8BNO4S/c10-8(11)7-3-1-6(2-4-7)5-9-14(12)13/h1-4,10-11H,5H2. The van der Waals surface area contributed by atoms with Crippen LogP contribution in [0, 0.1) is 0 Å². The summed E-state index contributed by atoms with van der Waals surface area (Å²) in [6, 6.07) is 6.18. The van der Waals surface area contributed by atoms with Crippen molar-refractivity contribution in [1.29, 1.82) is 0 Å². The van der Waals surface area contributed by atoms with Crippen molar-refractivity contribution in [1.82, 2.24) is 0 Å². The molecule has 0 unspecified atom stereocenters. The Hall–Kier alpha value is -1.18. The molecule has 2 N–H and O–H groups in total. The maximum Gasteiger partial charge on any atom is 0.488 e. The van der Waals surface area contributed by atoms with Gasteiger partial charge >= 0.3 is 17.6 Å². The highest BCUT2D eigenvalue weighted by Gasteiger charge is 2.09. The van der Waals surface area contributed by atoms with Crippen LogP contribution in [0.2, 0.25) is 0 Å². The fourth-order valence-electron chi connectivity index (χ4n) is 0.922. The third-order valence-electron chi connectivity index (χ3n) is 1.63. The van der Waals surface area contributed by atoms with Gasteiger partial charge in [-0.2, -0.15) is 12.8 Å². The van der Waals surface area contributed by atoms with E-state index in [0.29, 0.717) is 11.0 Å². The molecule has 0 bridgehead atoms. The molecule has 0 saturated heterocycles. The van der Waals surface area contributed by atoms with E-state index in [9.17, 15) is 8.42 Å². The Bertz CT molecular complexity index is 418. The van der Waals surface area contributed by atoms with Crippen LogP contribution in [0.1, 0.15) is 5.56 Å². The lowest BCUT2D eigenvalue weighted by Gasteiger charge is -1.99. The smallest absolute Gasteiger partial charge is 0.423 e. The topological polar surface area (TPSA) is 87.0 Å². The van der Waals surface area contributed by atoms with Gasteiger partial charge in [0.25, 0.3) is 0 Å². The Labute approximate surface area is 82.9 Å². The molecule has 0 fully saturated rings. The second-order valence-corrected chi connectivity index (χ2v) is 3.31.